The predicted molar refractivity (Wildman–Crippen MR) is 166 cm³/mol. The average Bonchev–Trinajstić information content (AvgIpc) is 2.89. The Bertz CT molecular complexity index is 1640. The lowest BCUT2D eigenvalue weighted by molar-refractivity contribution is -0.116. The lowest BCUT2D eigenvalue weighted by Crippen LogP contribution is -2.39. The molecular formula is C31H25Cl4N3OS. The minimum atomic E-state index is -0.571. The number of carbonyl (C=O) groups excluding carboxylic acids is 1. The third-order valence-corrected chi connectivity index (χ3v) is 9.55. The predicted octanol–water partition coefficient (Wildman–Crippen LogP) is 9.51. The van der Waals surface area contributed by atoms with Crippen molar-refractivity contribution >= 4 is 69.6 Å². The summed E-state index contributed by atoms with van der Waals surface area (Å²) in [4.78, 5) is 16.3. The molecule has 1 heterocycles. The summed E-state index contributed by atoms with van der Waals surface area (Å²) in [6, 6.07) is 17.1. The van der Waals surface area contributed by atoms with Gasteiger partial charge >= 0.3 is 0 Å². The Labute approximate surface area is 258 Å². The van der Waals surface area contributed by atoms with Gasteiger partial charge in [0, 0.05) is 43.4 Å². The van der Waals surface area contributed by atoms with Crippen molar-refractivity contribution in [1.29, 1.82) is 5.26 Å². The zero-order valence-corrected chi connectivity index (χ0v) is 25.7. The van der Waals surface area contributed by atoms with Crippen LogP contribution in [0.15, 0.2) is 76.1 Å². The molecular weight excluding hydrogens is 604 g/mol. The van der Waals surface area contributed by atoms with Crippen LogP contribution >= 0.6 is 58.2 Å². The Morgan fingerprint density at radius 3 is 2.40 bits per heavy atom. The average molecular weight is 629 g/mol. The van der Waals surface area contributed by atoms with Gasteiger partial charge in [-0.25, -0.2) is 0 Å². The zero-order valence-electron chi connectivity index (χ0n) is 21.8. The first-order chi connectivity index (χ1) is 19.1. The number of hydrogen-bond acceptors (Lipinski definition) is 5. The molecule has 1 aliphatic heterocycles. The number of anilines is 1. The molecule has 0 bridgehead atoms. The van der Waals surface area contributed by atoms with Gasteiger partial charge in [-0.15, -0.1) is 11.8 Å². The second-order valence-corrected chi connectivity index (χ2v) is 12.7. The molecule has 0 aromatic heterocycles. The topological polar surface area (TPSA) is 70.1 Å². The minimum Gasteiger partial charge on any atom is -0.384 e. The number of aryl methyl sites for hydroxylation is 2. The summed E-state index contributed by atoms with van der Waals surface area (Å²) in [5, 5.41) is 12.6. The number of thioether (sulfide) groups is 1. The Kier molecular flexibility index (Phi) is 8.47. The van der Waals surface area contributed by atoms with E-state index >= 15 is 0 Å². The quantitative estimate of drug-likeness (QED) is 0.285. The highest BCUT2D eigenvalue weighted by molar-refractivity contribution is 7.98. The van der Waals surface area contributed by atoms with Crippen molar-refractivity contribution in [1.82, 2.24) is 0 Å². The Balaban J connectivity index is 1.64. The molecule has 1 unspecified atom stereocenters. The molecule has 0 fully saturated rings. The van der Waals surface area contributed by atoms with Crippen molar-refractivity contribution in [2.75, 3.05) is 4.90 Å². The number of Topliss-reactive ketones (excluding diaryl/α,β-unsaturated/α-hetero) is 1. The van der Waals surface area contributed by atoms with Gasteiger partial charge in [0.15, 0.2) is 5.78 Å². The molecule has 0 saturated carbocycles. The number of halogens is 4. The first-order valence-electron chi connectivity index (χ1n) is 12.7. The van der Waals surface area contributed by atoms with E-state index in [1.165, 1.54) is 0 Å². The lowest BCUT2D eigenvalue weighted by Gasteiger charge is -2.40. The highest BCUT2D eigenvalue weighted by Crippen LogP contribution is 2.48. The van der Waals surface area contributed by atoms with Gasteiger partial charge in [0.1, 0.15) is 5.82 Å². The Morgan fingerprint density at radius 1 is 0.975 bits per heavy atom. The molecule has 0 saturated heterocycles. The third-order valence-electron chi connectivity index (χ3n) is 7.33. The van der Waals surface area contributed by atoms with E-state index in [4.69, 9.17) is 52.1 Å². The van der Waals surface area contributed by atoms with Crippen molar-refractivity contribution in [3.63, 3.8) is 0 Å². The standard InChI is InChI=1S/C31H25Cl4N3OS/c1-16-8-17(2)23(9-18(16)15-40-28-13-19(32)6-7-25(28)35)29-24(14-36)31(37)38(22-11-20(33)10-21(34)12-22)26-4-3-5-27(39)30(26)29/h6-13,29H,3-5,15,37H2,1-2H3. The summed E-state index contributed by atoms with van der Waals surface area (Å²) in [6.07, 6.45) is 1.75. The zero-order chi connectivity index (χ0) is 28.7. The van der Waals surface area contributed by atoms with Crippen molar-refractivity contribution < 1.29 is 4.79 Å². The van der Waals surface area contributed by atoms with E-state index in [0.717, 1.165) is 32.8 Å². The highest BCUT2D eigenvalue weighted by atomic mass is 35.5. The summed E-state index contributed by atoms with van der Waals surface area (Å²) in [6.45, 7) is 4.07. The second kappa shape index (κ2) is 11.7. The summed E-state index contributed by atoms with van der Waals surface area (Å²) in [7, 11) is 0. The first kappa shape index (κ1) is 28.9. The molecule has 2 N–H and O–H groups in total. The van der Waals surface area contributed by atoms with Crippen LogP contribution in [0.3, 0.4) is 0 Å². The third kappa shape index (κ3) is 5.49. The molecule has 5 rings (SSSR count). The molecule has 0 radical (unpaired) electrons. The number of nitrogens with zero attached hydrogens (tertiary/aromatic N) is 2. The molecule has 3 aromatic rings. The monoisotopic (exact) mass is 627 g/mol. The van der Waals surface area contributed by atoms with E-state index in [0.29, 0.717) is 61.9 Å². The van der Waals surface area contributed by atoms with E-state index in [1.54, 1.807) is 47.0 Å². The summed E-state index contributed by atoms with van der Waals surface area (Å²) >= 11 is 26.9. The van der Waals surface area contributed by atoms with Crippen LogP contribution in [0.1, 0.15) is 47.4 Å². The fourth-order valence-corrected chi connectivity index (χ4v) is 7.56. The van der Waals surface area contributed by atoms with Crippen LogP contribution < -0.4 is 10.6 Å². The SMILES string of the molecule is Cc1cc(C)c(C2C(C#N)=C(N)N(c3cc(Cl)cc(Cl)c3)C3=C2C(=O)CCC3)cc1CSc1cc(Cl)ccc1Cl. The summed E-state index contributed by atoms with van der Waals surface area (Å²) in [5.74, 6) is 0.366. The number of hydrogen-bond donors (Lipinski definition) is 1. The van der Waals surface area contributed by atoms with Crippen LogP contribution in [0.5, 0.6) is 0 Å². The number of carbonyl (C=O) groups is 1. The van der Waals surface area contributed by atoms with E-state index in [9.17, 15) is 10.1 Å². The maximum Gasteiger partial charge on any atom is 0.161 e. The number of nitriles is 1. The van der Waals surface area contributed by atoms with Gasteiger partial charge in [-0.2, -0.15) is 5.26 Å². The van der Waals surface area contributed by atoms with E-state index in [-0.39, 0.29) is 11.6 Å². The number of rotatable bonds is 5. The van der Waals surface area contributed by atoms with Crippen LogP contribution in [0.25, 0.3) is 0 Å². The maximum atomic E-state index is 13.6. The fourth-order valence-electron chi connectivity index (χ4n) is 5.49. The summed E-state index contributed by atoms with van der Waals surface area (Å²) in [5.41, 5.74) is 13.2. The second-order valence-electron chi connectivity index (χ2n) is 9.94. The largest absolute Gasteiger partial charge is 0.384 e. The minimum absolute atomic E-state index is 0.0197. The Morgan fingerprint density at radius 2 is 1.70 bits per heavy atom. The van der Waals surface area contributed by atoms with Crippen LogP contribution in [-0.2, 0) is 10.5 Å². The molecule has 2 aliphatic rings. The van der Waals surface area contributed by atoms with E-state index in [2.05, 4.69) is 25.1 Å². The Hall–Kier alpha value is -2.59. The lowest BCUT2D eigenvalue weighted by atomic mass is 9.74. The molecule has 0 spiro atoms. The van der Waals surface area contributed by atoms with Crippen LogP contribution in [-0.4, -0.2) is 5.78 Å². The van der Waals surface area contributed by atoms with Crippen LogP contribution in [0, 0.1) is 25.2 Å². The summed E-state index contributed by atoms with van der Waals surface area (Å²) < 4.78 is 0. The molecule has 40 heavy (non-hydrogen) atoms. The molecule has 0 amide bonds. The number of ketones is 1. The molecule has 1 atom stereocenters. The van der Waals surface area contributed by atoms with E-state index in [1.807, 2.05) is 13.0 Å². The van der Waals surface area contributed by atoms with Gasteiger partial charge in [0.2, 0.25) is 0 Å². The van der Waals surface area contributed by atoms with Crippen molar-refractivity contribution in [3.05, 3.63) is 114 Å². The van der Waals surface area contributed by atoms with Crippen molar-refractivity contribution in [2.24, 2.45) is 5.73 Å². The van der Waals surface area contributed by atoms with Crippen molar-refractivity contribution in [2.45, 2.75) is 49.7 Å². The van der Waals surface area contributed by atoms with Gasteiger partial charge < -0.3 is 5.73 Å². The van der Waals surface area contributed by atoms with Gasteiger partial charge in [-0.3, -0.25) is 9.69 Å². The highest BCUT2D eigenvalue weighted by Gasteiger charge is 2.41. The molecule has 1 aliphatic carbocycles. The smallest absolute Gasteiger partial charge is 0.161 e. The molecule has 9 heteroatoms. The molecule has 4 nitrogen and oxygen atoms in total. The van der Waals surface area contributed by atoms with Crippen molar-refractivity contribution in [3.8, 4) is 6.07 Å². The van der Waals surface area contributed by atoms with Gasteiger partial charge in [-0.1, -0.05) is 58.5 Å². The number of nitrogens with two attached hydrogens (primary N) is 1. The first-order valence-corrected chi connectivity index (χ1v) is 15.2. The number of benzene rings is 3. The number of allylic oxidation sites excluding steroid dienone is 3. The molecule has 3 aromatic carbocycles. The normalized spacial score (nSPS) is 17.3. The molecule has 204 valence electrons. The van der Waals surface area contributed by atoms with Crippen LogP contribution in [0.2, 0.25) is 20.1 Å². The van der Waals surface area contributed by atoms with E-state index < -0.39 is 5.92 Å². The van der Waals surface area contributed by atoms with Gasteiger partial charge in [0.25, 0.3) is 0 Å². The maximum absolute atomic E-state index is 13.6. The van der Waals surface area contributed by atoms with Crippen LogP contribution in [0.4, 0.5) is 5.69 Å². The van der Waals surface area contributed by atoms with Gasteiger partial charge in [-0.05, 0) is 85.3 Å². The van der Waals surface area contributed by atoms with Gasteiger partial charge in [0.05, 0.1) is 28.3 Å². The fraction of sp³-hybridized carbons (Fsp3) is 0.226.